The number of sulfonamides is 1. The number of hydrogen-bond acceptors (Lipinski definition) is 4. The fourth-order valence-electron chi connectivity index (χ4n) is 1.52. The molecule has 5 nitrogen and oxygen atoms in total. The van der Waals surface area contributed by atoms with E-state index in [0.29, 0.717) is 6.42 Å². The molecule has 0 aliphatic heterocycles. The lowest BCUT2D eigenvalue weighted by molar-refractivity contribution is 0.409. The van der Waals surface area contributed by atoms with Gasteiger partial charge in [0.05, 0.1) is 12.1 Å². The van der Waals surface area contributed by atoms with Crippen molar-refractivity contribution < 1.29 is 13.2 Å². The molecule has 1 atom stereocenters. The van der Waals surface area contributed by atoms with Crippen molar-refractivity contribution in [3.63, 3.8) is 0 Å². The first-order valence-electron chi connectivity index (χ1n) is 5.78. The van der Waals surface area contributed by atoms with Gasteiger partial charge >= 0.3 is 0 Å². The third kappa shape index (κ3) is 4.45. The lowest BCUT2D eigenvalue weighted by Crippen LogP contribution is -2.40. The minimum atomic E-state index is -3.51. The van der Waals surface area contributed by atoms with E-state index in [1.54, 1.807) is 7.11 Å². The third-order valence-electron chi connectivity index (χ3n) is 2.76. The Morgan fingerprint density at radius 2 is 2.11 bits per heavy atom. The van der Waals surface area contributed by atoms with E-state index in [4.69, 9.17) is 10.5 Å². The molecule has 0 aliphatic rings. The van der Waals surface area contributed by atoms with E-state index in [1.807, 2.05) is 24.3 Å². The van der Waals surface area contributed by atoms with Crippen molar-refractivity contribution in [2.45, 2.75) is 18.6 Å². The fraction of sp³-hybridized carbons (Fsp3) is 0.417. The summed E-state index contributed by atoms with van der Waals surface area (Å²) in [5, 5.41) is -0.875. The van der Waals surface area contributed by atoms with Gasteiger partial charge in [0.25, 0.3) is 0 Å². The van der Waals surface area contributed by atoms with Crippen LogP contribution in [0.3, 0.4) is 0 Å². The number of thiocarbonyl (C=S) groups is 1. The number of nitrogens with one attached hydrogen (secondary N) is 1. The Morgan fingerprint density at radius 3 is 2.68 bits per heavy atom. The molecule has 0 saturated carbocycles. The van der Waals surface area contributed by atoms with E-state index in [9.17, 15) is 8.42 Å². The molecule has 0 aromatic heterocycles. The number of ether oxygens (including phenoxy) is 1. The topological polar surface area (TPSA) is 81.4 Å². The summed E-state index contributed by atoms with van der Waals surface area (Å²) >= 11 is 4.69. The summed E-state index contributed by atoms with van der Waals surface area (Å²) in [4.78, 5) is -0.0372. The molecule has 0 spiro atoms. The summed E-state index contributed by atoms with van der Waals surface area (Å²) in [6, 6.07) is 7.47. The van der Waals surface area contributed by atoms with Gasteiger partial charge in [0, 0.05) is 6.54 Å². The Labute approximate surface area is 119 Å². The maximum absolute atomic E-state index is 11.8. The average Bonchev–Trinajstić information content (AvgIpc) is 2.38. The fourth-order valence-corrected chi connectivity index (χ4v) is 2.84. The van der Waals surface area contributed by atoms with Crippen LogP contribution in [0, 0.1) is 0 Å². The number of hydrogen-bond donors (Lipinski definition) is 2. The molecule has 7 heteroatoms. The third-order valence-corrected chi connectivity index (χ3v) is 5.05. The van der Waals surface area contributed by atoms with Crippen molar-refractivity contribution in [2.24, 2.45) is 5.73 Å². The van der Waals surface area contributed by atoms with Gasteiger partial charge in [0.15, 0.2) is 0 Å². The van der Waals surface area contributed by atoms with Gasteiger partial charge in [-0.25, -0.2) is 13.1 Å². The quantitative estimate of drug-likeness (QED) is 0.729. The molecule has 0 bridgehead atoms. The van der Waals surface area contributed by atoms with Gasteiger partial charge in [-0.05, 0) is 25.0 Å². The van der Waals surface area contributed by atoms with Crippen LogP contribution in [0.1, 0.15) is 12.5 Å². The molecule has 1 unspecified atom stereocenters. The molecule has 0 fully saturated rings. The van der Waals surface area contributed by atoms with Crippen LogP contribution in [-0.2, 0) is 16.4 Å². The largest absolute Gasteiger partial charge is 0.496 e. The highest BCUT2D eigenvalue weighted by atomic mass is 32.2. The molecule has 0 aliphatic carbocycles. The van der Waals surface area contributed by atoms with Crippen molar-refractivity contribution in [3.05, 3.63) is 29.8 Å². The predicted octanol–water partition coefficient (Wildman–Crippen LogP) is 0.832. The highest BCUT2D eigenvalue weighted by molar-refractivity contribution is 7.93. The predicted molar refractivity (Wildman–Crippen MR) is 79.9 cm³/mol. The maximum Gasteiger partial charge on any atom is 0.220 e. The van der Waals surface area contributed by atoms with E-state index in [0.717, 1.165) is 11.3 Å². The zero-order valence-corrected chi connectivity index (χ0v) is 12.6. The van der Waals surface area contributed by atoms with Crippen LogP contribution in [-0.4, -0.2) is 32.3 Å². The average molecular weight is 302 g/mol. The van der Waals surface area contributed by atoms with Crippen molar-refractivity contribution >= 4 is 27.2 Å². The van der Waals surface area contributed by atoms with E-state index in [-0.39, 0.29) is 11.5 Å². The van der Waals surface area contributed by atoms with E-state index in [2.05, 4.69) is 16.9 Å². The van der Waals surface area contributed by atoms with Crippen molar-refractivity contribution in [1.29, 1.82) is 0 Å². The Bertz CT molecular complexity index is 544. The Balaban J connectivity index is 2.62. The molecular weight excluding hydrogens is 284 g/mol. The normalized spacial score (nSPS) is 12.9. The Kier molecular flexibility index (Phi) is 5.71. The Hall–Kier alpha value is -1.18. The van der Waals surface area contributed by atoms with Crippen LogP contribution < -0.4 is 15.2 Å². The molecule has 0 saturated heterocycles. The maximum atomic E-state index is 11.8. The summed E-state index contributed by atoms with van der Waals surface area (Å²) < 4.78 is 31.3. The summed E-state index contributed by atoms with van der Waals surface area (Å²) in [6.07, 6.45) is 0.535. The van der Waals surface area contributed by atoms with Gasteiger partial charge in [-0.2, -0.15) is 0 Å². The minimum Gasteiger partial charge on any atom is -0.496 e. The molecular formula is C12H18N2O3S2. The first kappa shape index (κ1) is 15.9. The Morgan fingerprint density at radius 1 is 1.47 bits per heavy atom. The first-order chi connectivity index (χ1) is 8.88. The highest BCUT2D eigenvalue weighted by Crippen LogP contribution is 2.17. The second kappa shape index (κ2) is 6.83. The van der Waals surface area contributed by atoms with Crippen LogP contribution in [0.2, 0.25) is 0 Å². The zero-order chi connectivity index (χ0) is 14.5. The standard InChI is InChI=1S/C12H18N2O3S2/c1-9(12(13)18)19(15,16)14-8-7-10-5-3-4-6-11(10)17-2/h3-6,9,14H,7-8H2,1-2H3,(H2,13,18). The summed E-state index contributed by atoms with van der Waals surface area (Å²) in [7, 11) is -1.92. The highest BCUT2D eigenvalue weighted by Gasteiger charge is 2.22. The number of rotatable bonds is 7. The molecule has 106 valence electrons. The molecule has 0 radical (unpaired) electrons. The van der Waals surface area contributed by atoms with Gasteiger partial charge in [-0.3, -0.25) is 0 Å². The second-order valence-electron chi connectivity index (χ2n) is 4.05. The number of nitrogens with two attached hydrogens (primary N) is 1. The van der Waals surface area contributed by atoms with Crippen molar-refractivity contribution in [2.75, 3.05) is 13.7 Å². The molecule has 3 N–H and O–H groups in total. The number of para-hydroxylation sites is 1. The SMILES string of the molecule is COc1ccccc1CCNS(=O)(=O)C(C)C(N)=S. The molecule has 0 amide bonds. The summed E-state index contributed by atoms with van der Waals surface area (Å²) in [5.74, 6) is 0.740. The van der Waals surface area contributed by atoms with E-state index < -0.39 is 15.3 Å². The van der Waals surface area contributed by atoms with Crippen molar-refractivity contribution in [1.82, 2.24) is 4.72 Å². The molecule has 1 aromatic rings. The minimum absolute atomic E-state index is 0.0372. The summed E-state index contributed by atoms with van der Waals surface area (Å²) in [6.45, 7) is 1.74. The monoisotopic (exact) mass is 302 g/mol. The van der Waals surface area contributed by atoms with Crippen LogP contribution in [0.5, 0.6) is 5.75 Å². The van der Waals surface area contributed by atoms with Crippen LogP contribution in [0.4, 0.5) is 0 Å². The number of methoxy groups -OCH3 is 1. The van der Waals surface area contributed by atoms with E-state index >= 15 is 0 Å². The van der Waals surface area contributed by atoms with Gasteiger partial charge < -0.3 is 10.5 Å². The van der Waals surface area contributed by atoms with Crippen molar-refractivity contribution in [3.8, 4) is 5.75 Å². The van der Waals surface area contributed by atoms with Gasteiger partial charge in [-0.1, -0.05) is 30.4 Å². The van der Waals surface area contributed by atoms with Crippen LogP contribution >= 0.6 is 12.2 Å². The first-order valence-corrected chi connectivity index (χ1v) is 7.73. The smallest absolute Gasteiger partial charge is 0.220 e. The van der Waals surface area contributed by atoms with Crippen LogP contribution in [0.15, 0.2) is 24.3 Å². The number of benzene rings is 1. The van der Waals surface area contributed by atoms with Gasteiger partial charge in [0.2, 0.25) is 10.0 Å². The summed E-state index contributed by atoms with van der Waals surface area (Å²) in [5.41, 5.74) is 6.28. The van der Waals surface area contributed by atoms with Gasteiger partial charge in [0.1, 0.15) is 11.0 Å². The molecule has 0 heterocycles. The molecule has 1 rings (SSSR count). The second-order valence-corrected chi connectivity index (χ2v) is 6.60. The molecule has 19 heavy (non-hydrogen) atoms. The molecule has 1 aromatic carbocycles. The lowest BCUT2D eigenvalue weighted by Gasteiger charge is -2.13. The van der Waals surface area contributed by atoms with Gasteiger partial charge in [-0.15, -0.1) is 0 Å². The lowest BCUT2D eigenvalue weighted by atomic mass is 10.1. The van der Waals surface area contributed by atoms with E-state index in [1.165, 1.54) is 6.92 Å². The zero-order valence-electron chi connectivity index (χ0n) is 10.9. The van der Waals surface area contributed by atoms with Crippen LogP contribution in [0.25, 0.3) is 0 Å².